The van der Waals surface area contributed by atoms with Gasteiger partial charge in [-0.1, -0.05) is 24.3 Å². The van der Waals surface area contributed by atoms with Crippen LogP contribution in [0.2, 0.25) is 0 Å². The summed E-state index contributed by atoms with van der Waals surface area (Å²) in [5.41, 5.74) is 0.239. The van der Waals surface area contributed by atoms with E-state index < -0.39 is 17.2 Å². The predicted octanol–water partition coefficient (Wildman–Crippen LogP) is 1.01. The number of H-pyrrole nitrogens is 1. The van der Waals surface area contributed by atoms with Crippen LogP contribution in [-0.4, -0.2) is 22.6 Å². The van der Waals surface area contributed by atoms with Crippen LogP contribution in [-0.2, 0) is 17.9 Å². The Hall–Kier alpha value is -3.35. The second-order valence-corrected chi connectivity index (χ2v) is 5.49. The number of carbonyl (C=O) groups excluding carboxylic acids is 1. The minimum absolute atomic E-state index is 0.295. The lowest BCUT2D eigenvalue weighted by atomic mass is 10.2. The minimum Gasteiger partial charge on any atom is -0.497 e. The highest BCUT2D eigenvalue weighted by Gasteiger charge is 2.11. The van der Waals surface area contributed by atoms with Crippen molar-refractivity contribution in [2.24, 2.45) is 0 Å². The van der Waals surface area contributed by atoms with Gasteiger partial charge < -0.3 is 15.0 Å². The van der Waals surface area contributed by atoms with E-state index in [9.17, 15) is 14.4 Å². The highest BCUT2D eigenvalue weighted by atomic mass is 16.5. The van der Waals surface area contributed by atoms with Crippen molar-refractivity contribution < 1.29 is 9.53 Å². The van der Waals surface area contributed by atoms with Crippen molar-refractivity contribution in [2.45, 2.75) is 13.1 Å². The quantitative estimate of drug-likeness (QED) is 0.726. The molecule has 7 heteroatoms. The first-order chi connectivity index (χ1) is 12.1. The molecule has 7 nitrogen and oxygen atoms in total. The number of benzene rings is 2. The summed E-state index contributed by atoms with van der Waals surface area (Å²) >= 11 is 0. The van der Waals surface area contributed by atoms with Gasteiger partial charge in [0.25, 0.3) is 5.56 Å². The Morgan fingerprint density at radius 3 is 2.56 bits per heavy atom. The molecule has 0 unspecified atom stereocenters. The number of hydrogen-bond donors (Lipinski definition) is 2. The lowest BCUT2D eigenvalue weighted by Crippen LogP contribution is -2.40. The van der Waals surface area contributed by atoms with Crippen LogP contribution < -0.4 is 21.3 Å². The van der Waals surface area contributed by atoms with Gasteiger partial charge in [0, 0.05) is 6.54 Å². The van der Waals surface area contributed by atoms with Gasteiger partial charge in [0.1, 0.15) is 12.3 Å². The van der Waals surface area contributed by atoms with Gasteiger partial charge in [-0.05, 0) is 29.8 Å². The number of methoxy groups -OCH3 is 1. The van der Waals surface area contributed by atoms with Crippen molar-refractivity contribution in [3.63, 3.8) is 0 Å². The van der Waals surface area contributed by atoms with Crippen molar-refractivity contribution in [1.29, 1.82) is 0 Å². The second kappa shape index (κ2) is 7.04. The molecule has 0 fully saturated rings. The summed E-state index contributed by atoms with van der Waals surface area (Å²) in [5.74, 6) is 0.308. The second-order valence-electron chi connectivity index (χ2n) is 5.49. The Kier molecular flexibility index (Phi) is 4.65. The third-order valence-corrected chi connectivity index (χ3v) is 3.84. The van der Waals surface area contributed by atoms with Crippen LogP contribution in [0, 0.1) is 0 Å². The number of fused-ring (bicyclic) bond motifs is 1. The maximum absolute atomic E-state index is 12.4. The SMILES string of the molecule is COc1ccc(CNC(=O)Cn2c(=O)[nH]c3ccccc3c2=O)cc1. The smallest absolute Gasteiger partial charge is 0.329 e. The molecule has 0 aliphatic carbocycles. The summed E-state index contributed by atoms with van der Waals surface area (Å²) in [6.07, 6.45) is 0. The van der Waals surface area contributed by atoms with Crippen LogP contribution in [0.25, 0.3) is 10.9 Å². The number of rotatable bonds is 5. The fourth-order valence-corrected chi connectivity index (χ4v) is 2.49. The van der Waals surface area contributed by atoms with E-state index in [0.717, 1.165) is 15.9 Å². The Bertz CT molecular complexity index is 1020. The standard InChI is InChI=1S/C18H17N3O4/c1-25-13-8-6-12(7-9-13)10-19-16(22)11-21-17(23)14-4-2-3-5-15(14)20-18(21)24/h2-9H,10-11H2,1H3,(H,19,22)(H,20,24). The highest BCUT2D eigenvalue weighted by Crippen LogP contribution is 2.10. The van der Waals surface area contributed by atoms with Crippen LogP contribution in [0.15, 0.2) is 58.1 Å². The molecule has 0 aliphatic heterocycles. The highest BCUT2D eigenvalue weighted by molar-refractivity contribution is 5.78. The summed E-state index contributed by atoms with van der Waals surface area (Å²) in [6.45, 7) is -0.0434. The van der Waals surface area contributed by atoms with Gasteiger partial charge in [-0.2, -0.15) is 0 Å². The first kappa shape index (κ1) is 16.5. The van der Waals surface area contributed by atoms with E-state index in [0.29, 0.717) is 17.4 Å². The van der Waals surface area contributed by atoms with Crippen LogP contribution in [0.4, 0.5) is 0 Å². The van der Waals surface area contributed by atoms with Crippen LogP contribution in [0.3, 0.4) is 0 Å². The molecule has 0 radical (unpaired) electrons. The Morgan fingerprint density at radius 1 is 1.12 bits per heavy atom. The molecule has 3 aromatic rings. The van der Waals surface area contributed by atoms with Gasteiger partial charge in [0.15, 0.2) is 0 Å². The van der Waals surface area contributed by atoms with Gasteiger partial charge >= 0.3 is 5.69 Å². The molecule has 2 aromatic carbocycles. The van der Waals surface area contributed by atoms with Crippen molar-refractivity contribution in [1.82, 2.24) is 14.9 Å². The van der Waals surface area contributed by atoms with E-state index >= 15 is 0 Å². The van der Waals surface area contributed by atoms with E-state index in [1.165, 1.54) is 0 Å². The normalized spacial score (nSPS) is 10.6. The zero-order valence-corrected chi connectivity index (χ0v) is 13.6. The monoisotopic (exact) mass is 339 g/mol. The Morgan fingerprint density at radius 2 is 1.84 bits per heavy atom. The number of hydrogen-bond acceptors (Lipinski definition) is 4. The van der Waals surface area contributed by atoms with Crippen molar-refractivity contribution in [3.05, 3.63) is 74.9 Å². The van der Waals surface area contributed by atoms with Gasteiger partial charge in [-0.3, -0.25) is 14.2 Å². The number of ether oxygens (including phenoxy) is 1. The van der Waals surface area contributed by atoms with Gasteiger partial charge in [0.2, 0.25) is 5.91 Å². The maximum atomic E-state index is 12.4. The van der Waals surface area contributed by atoms with Gasteiger partial charge in [0.05, 0.1) is 18.0 Å². The number of para-hydroxylation sites is 1. The number of aromatic nitrogens is 2. The molecule has 2 N–H and O–H groups in total. The summed E-state index contributed by atoms with van der Waals surface area (Å²) in [5, 5.41) is 3.06. The number of carbonyl (C=O) groups is 1. The van der Waals surface area contributed by atoms with Crippen LogP contribution >= 0.6 is 0 Å². The van der Waals surface area contributed by atoms with E-state index in [-0.39, 0.29) is 6.54 Å². The molecule has 0 atom stereocenters. The molecule has 0 saturated carbocycles. The lowest BCUT2D eigenvalue weighted by Gasteiger charge is -2.08. The molecule has 0 bridgehead atoms. The summed E-state index contributed by atoms with van der Waals surface area (Å²) < 4.78 is 5.97. The zero-order chi connectivity index (χ0) is 17.8. The van der Waals surface area contributed by atoms with Crippen molar-refractivity contribution >= 4 is 16.8 Å². The number of nitrogens with zero attached hydrogens (tertiary/aromatic N) is 1. The molecular formula is C18H17N3O4. The van der Waals surface area contributed by atoms with Gasteiger partial charge in [-0.25, -0.2) is 4.79 Å². The van der Waals surface area contributed by atoms with E-state index in [4.69, 9.17) is 4.74 Å². The molecule has 3 rings (SSSR count). The molecule has 1 amide bonds. The molecule has 25 heavy (non-hydrogen) atoms. The third-order valence-electron chi connectivity index (χ3n) is 3.84. The van der Waals surface area contributed by atoms with E-state index in [2.05, 4.69) is 10.3 Å². The molecular weight excluding hydrogens is 322 g/mol. The summed E-state index contributed by atoms with van der Waals surface area (Å²) in [4.78, 5) is 39.1. The topological polar surface area (TPSA) is 93.2 Å². The predicted molar refractivity (Wildman–Crippen MR) is 93.7 cm³/mol. The maximum Gasteiger partial charge on any atom is 0.329 e. The number of aromatic amines is 1. The van der Waals surface area contributed by atoms with Gasteiger partial charge in [-0.15, -0.1) is 0 Å². The number of amides is 1. The molecule has 1 heterocycles. The number of nitrogens with one attached hydrogen (secondary N) is 2. The Labute approximate surface area is 142 Å². The van der Waals surface area contributed by atoms with Crippen LogP contribution in [0.1, 0.15) is 5.56 Å². The Balaban J connectivity index is 1.73. The van der Waals surface area contributed by atoms with E-state index in [1.54, 1.807) is 43.5 Å². The first-order valence-corrected chi connectivity index (χ1v) is 7.70. The third kappa shape index (κ3) is 3.60. The van der Waals surface area contributed by atoms with E-state index in [1.807, 2.05) is 12.1 Å². The van der Waals surface area contributed by atoms with Crippen molar-refractivity contribution in [2.75, 3.05) is 7.11 Å². The molecule has 1 aromatic heterocycles. The summed E-state index contributed by atoms with van der Waals surface area (Å²) in [6, 6.07) is 13.9. The van der Waals surface area contributed by atoms with Crippen molar-refractivity contribution in [3.8, 4) is 5.75 Å². The summed E-state index contributed by atoms with van der Waals surface area (Å²) in [7, 11) is 1.58. The molecule has 0 spiro atoms. The van der Waals surface area contributed by atoms with Crippen LogP contribution in [0.5, 0.6) is 5.75 Å². The average molecular weight is 339 g/mol. The first-order valence-electron chi connectivity index (χ1n) is 7.70. The molecule has 0 saturated heterocycles. The zero-order valence-electron chi connectivity index (χ0n) is 13.6. The molecule has 128 valence electrons. The minimum atomic E-state index is -0.608. The fraction of sp³-hybridized carbons (Fsp3) is 0.167. The largest absolute Gasteiger partial charge is 0.497 e. The lowest BCUT2D eigenvalue weighted by molar-refractivity contribution is -0.121. The fourth-order valence-electron chi connectivity index (χ4n) is 2.49. The molecule has 0 aliphatic rings. The average Bonchev–Trinajstić information content (AvgIpc) is 2.64.